The predicted octanol–water partition coefficient (Wildman–Crippen LogP) is 1.38. The van der Waals surface area contributed by atoms with E-state index in [1.807, 2.05) is 0 Å². The molecule has 0 aromatic heterocycles. The molecule has 0 amide bonds. The van der Waals surface area contributed by atoms with Crippen LogP contribution in [0.2, 0.25) is 0 Å². The molecule has 0 bridgehead atoms. The fraction of sp³-hybridized carbons (Fsp3) is 0. The molecule has 1 rings (SSSR count). The molecule has 0 saturated carbocycles. The fourth-order valence-electron chi connectivity index (χ4n) is 0.696. The normalized spacial score (nSPS) is 8.64. The van der Waals surface area contributed by atoms with Crippen LogP contribution in [0.15, 0.2) is 18.2 Å². The van der Waals surface area contributed by atoms with Crippen molar-refractivity contribution in [3.05, 3.63) is 39.9 Å². The van der Waals surface area contributed by atoms with Gasteiger partial charge in [-0.3, -0.25) is 10.1 Å². The molecule has 0 heterocycles. The van der Waals surface area contributed by atoms with E-state index in [0.29, 0.717) is 0 Å². The Hall–Kier alpha value is -1.82. The van der Waals surface area contributed by atoms with Gasteiger partial charge in [0.15, 0.2) is 0 Å². The molecule has 0 aliphatic carbocycles. The first-order valence-electron chi connectivity index (χ1n) is 2.87. The Bertz CT molecular complexity index is 325. The van der Waals surface area contributed by atoms with Gasteiger partial charge < -0.3 is 0 Å². The quantitative estimate of drug-likeness (QED) is 0.341. The van der Waals surface area contributed by atoms with Crippen LogP contribution in [-0.4, -0.2) is 4.92 Å². The van der Waals surface area contributed by atoms with Gasteiger partial charge in [0.2, 0.25) is 0 Å². The highest BCUT2D eigenvalue weighted by atomic mass is 16.6. The summed E-state index contributed by atoms with van der Waals surface area (Å²) in [4.78, 5) is 9.71. The highest BCUT2D eigenvalue weighted by molar-refractivity contribution is 5.48. The van der Waals surface area contributed by atoms with Crippen LogP contribution in [-0.2, 0) is 0 Å². The second kappa shape index (κ2) is 2.84. The van der Waals surface area contributed by atoms with Gasteiger partial charge >= 0.3 is 0 Å². The van der Waals surface area contributed by atoms with Crippen molar-refractivity contribution < 1.29 is 4.92 Å². The molecule has 0 N–H and O–H groups in total. The first kappa shape index (κ1) is 7.29. The number of rotatable bonds is 1. The van der Waals surface area contributed by atoms with E-state index in [-0.39, 0.29) is 11.3 Å². The lowest BCUT2D eigenvalue weighted by Crippen LogP contribution is -1.90. The lowest BCUT2D eigenvalue weighted by Gasteiger charge is -1.91. The number of benzene rings is 1. The standard InChI is InChI=1S/C8H4NO2/c1-2-7-5-3-4-6-8(7)9(10)11/h1,3-5H. The summed E-state index contributed by atoms with van der Waals surface area (Å²) in [6.07, 6.45) is 5.01. The maximum absolute atomic E-state index is 10.3. The fourth-order valence-corrected chi connectivity index (χ4v) is 0.696. The molecule has 1 radical (unpaired) electrons. The summed E-state index contributed by atoms with van der Waals surface area (Å²) in [6, 6.07) is 7.02. The minimum Gasteiger partial charge on any atom is -0.258 e. The van der Waals surface area contributed by atoms with Crippen molar-refractivity contribution in [1.82, 2.24) is 0 Å². The van der Waals surface area contributed by atoms with Gasteiger partial charge in [-0.25, -0.2) is 0 Å². The Morgan fingerprint density at radius 1 is 1.73 bits per heavy atom. The zero-order chi connectivity index (χ0) is 8.27. The van der Waals surface area contributed by atoms with Crippen LogP contribution in [0.3, 0.4) is 0 Å². The van der Waals surface area contributed by atoms with Crippen molar-refractivity contribution in [2.24, 2.45) is 0 Å². The zero-order valence-corrected chi connectivity index (χ0v) is 5.57. The summed E-state index contributed by atoms with van der Waals surface area (Å²) >= 11 is 0. The number of hydrogen-bond acceptors (Lipinski definition) is 2. The third-order valence-electron chi connectivity index (χ3n) is 1.17. The first-order chi connectivity index (χ1) is 5.25. The first-order valence-corrected chi connectivity index (χ1v) is 2.87. The van der Waals surface area contributed by atoms with Crippen molar-refractivity contribution >= 4 is 5.69 Å². The van der Waals surface area contributed by atoms with E-state index in [1.54, 1.807) is 6.07 Å². The van der Waals surface area contributed by atoms with Gasteiger partial charge in [-0.15, -0.1) is 6.42 Å². The minimum absolute atomic E-state index is 0.144. The third-order valence-corrected chi connectivity index (χ3v) is 1.17. The molecule has 1 aromatic carbocycles. The van der Waals surface area contributed by atoms with Gasteiger partial charge in [0.05, 0.1) is 11.0 Å². The van der Waals surface area contributed by atoms with E-state index in [1.165, 1.54) is 12.1 Å². The number of nitro groups is 1. The molecule has 53 valence electrons. The van der Waals surface area contributed by atoms with E-state index in [9.17, 15) is 10.1 Å². The smallest absolute Gasteiger partial charge is 0.258 e. The average Bonchev–Trinajstić information content (AvgIpc) is 2.04. The van der Waals surface area contributed by atoms with E-state index in [4.69, 9.17) is 6.42 Å². The molecule has 0 aliphatic rings. The average molecular weight is 146 g/mol. The van der Waals surface area contributed by atoms with E-state index < -0.39 is 4.92 Å². The van der Waals surface area contributed by atoms with E-state index in [0.717, 1.165) is 0 Å². The summed E-state index contributed by atoms with van der Waals surface area (Å²) in [7, 11) is 0. The predicted molar refractivity (Wildman–Crippen MR) is 39.9 cm³/mol. The molecule has 0 spiro atoms. The van der Waals surface area contributed by atoms with E-state index in [2.05, 4.69) is 12.0 Å². The second-order valence-corrected chi connectivity index (χ2v) is 1.83. The zero-order valence-electron chi connectivity index (χ0n) is 5.57. The van der Waals surface area contributed by atoms with Crippen molar-refractivity contribution in [3.63, 3.8) is 0 Å². The van der Waals surface area contributed by atoms with Gasteiger partial charge in [-0.05, 0) is 12.1 Å². The van der Waals surface area contributed by atoms with Gasteiger partial charge in [0.25, 0.3) is 5.69 Å². The maximum Gasteiger partial charge on any atom is 0.292 e. The third kappa shape index (κ3) is 1.36. The van der Waals surface area contributed by atoms with Gasteiger partial charge in [-0.1, -0.05) is 12.0 Å². The van der Waals surface area contributed by atoms with E-state index >= 15 is 0 Å². The summed E-state index contributed by atoms with van der Waals surface area (Å²) < 4.78 is 0. The molecule has 0 fully saturated rings. The van der Waals surface area contributed by atoms with Crippen LogP contribution in [0.25, 0.3) is 0 Å². The molecule has 0 unspecified atom stereocenters. The number of nitro benzene ring substituents is 1. The Labute approximate surface area is 63.8 Å². The SMILES string of the molecule is C#Cc1ccc[c]c1[N+](=O)[O-]. The Morgan fingerprint density at radius 3 is 2.91 bits per heavy atom. The molecule has 3 nitrogen and oxygen atoms in total. The monoisotopic (exact) mass is 146 g/mol. The summed E-state index contributed by atoms with van der Waals surface area (Å²) in [5.41, 5.74) is 0.118. The number of terminal acetylenes is 1. The van der Waals surface area contributed by atoms with Gasteiger partial charge in [-0.2, -0.15) is 0 Å². The summed E-state index contributed by atoms with van der Waals surface area (Å²) in [5.74, 6) is 2.20. The molecule has 11 heavy (non-hydrogen) atoms. The highest BCUT2D eigenvalue weighted by Crippen LogP contribution is 2.14. The topological polar surface area (TPSA) is 43.1 Å². The van der Waals surface area contributed by atoms with Gasteiger partial charge in [0, 0.05) is 0 Å². The molecular weight excluding hydrogens is 142 g/mol. The number of hydrogen-bond donors (Lipinski definition) is 0. The Morgan fingerprint density at radius 2 is 2.45 bits per heavy atom. The molecule has 0 atom stereocenters. The molecule has 0 saturated heterocycles. The summed E-state index contributed by atoms with van der Waals surface area (Å²) in [5, 5.41) is 10.3. The van der Waals surface area contributed by atoms with Crippen molar-refractivity contribution in [1.29, 1.82) is 0 Å². The van der Waals surface area contributed by atoms with Crippen LogP contribution < -0.4 is 0 Å². The Balaban J connectivity index is 3.26. The van der Waals surface area contributed by atoms with Crippen LogP contribution in [0.4, 0.5) is 5.69 Å². The minimum atomic E-state index is -0.546. The Kier molecular flexibility index (Phi) is 1.88. The number of nitrogens with zero attached hydrogens (tertiary/aromatic N) is 1. The molecular formula is C8H4NO2. The molecule has 3 heteroatoms. The van der Waals surface area contributed by atoms with Crippen LogP contribution in [0.1, 0.15) is 5.56 Å². The lowest BCUT2D eigenvalue weighted by molar-refractivity contribution is -0.385. The molecule has 0 aliphatic heterocycles. The van der Waals surface area contributed by atoms with Crippen LogP contribution in [0.5, 0.6) is 0 Å². The lowest BCUT2D eigenvalue weighted by atomic mass is 10.2. The maximum atomic E-state index is 10.3. The van der Waals surface area contributed by atoms with Crippen LogP contribution >= 0.6 is 0 Å². The van der Waals surface area contributed by atoms with Crippen molar-refractivity contribution in [2.75, 3.05) is 0 Å². The van der Waals surface area contributed by atoms with Crippen molar-refractivity contribution in [2.45, 2.75) is 0 Å². The van der Waals surface area contributed by atoms with Crippen molar-refractivity contribution in [3.8, 4) is 12.3 Å². The highest BCUT2D eigenvalue weighted by Gasteiger charge is 2.09. The largest absolute Gasteiger partial charge is 0.292 e. The summed E-state index contributed by atoms with van der Waals surface area (Å²) in [6.45, 7) is 0. The van der Waals surface area contributed by atoms with Crippen LogP contribution in [0, 0.1) is 28.5 Å². The van der Waals surface area contributed by atoms with Gasteiger partial charge in [0.1, 0.15) is 5.56 Å². The second-order valence-electron chi connectivity index (χ2n) is 1.83. The molecule has 1 aromatic rings. The number of para-hydroxylation sites is 1.